The van der Waals surface area contributed by atoms with Gasteiger partial charge in [-0.05, 0) is 35.9 Å². The lowest BCUT2D eigenvalue weighted by Crippen LogP contribution is -1.82. The predicted molar refractivity (Wildman–Crippen MR) is 102 cm³/mol. The van der Waals surface area contributed by atoms with E-state index in [2.05, 4.69) is 4.98 Å². The maximum atomic E-state index is 9.17. The smallest absolute Gasteiger partial charge is 0.0831 e. The minimum absolute atomic E-state index is 0.000446. The Morgan fingerprint density at radius 1 is 1.04 bits per heavy atom. The van der Waals surface area contributed by atoms with E-state index in [1.54, 1.807) is 11.8 Å². The Morgan fingerprint density at radius 3 is 2.39 bits per heavy atom. The van der Waals surface area contributed by atoms with Crippen LogP contribution in [0.2, 0.25) is 10.0 Å². The van der Waals surface area contributed by atoms with Crippen molar-refractivity contribution in [2.75, 3.05) is 0 Å². The minimum atomic E-state index is -0.000446. The number of nitrogens with one attached hydrogen (secondary N) is 1. The van der Waals surface area contributed by atoms with Crippen LogP contribution in [0.5, 0.6) is 0 Å². The number of H-pyrrole nitrogens is 1. The summed E-state index contributed by atoms with van der Waals surface area (Å²) in [5.74, 6) is 0.833. The van der Waals surface area contributed by atoms with E-state index in [1.807, 2.05) is 56.3 Å². The molecule has 2 N–H and O–H groups in total. The molecule has 0 bridgehead atoms. The molecule has 3 rings (SSSR count). The molecular formula is C18H19Cl2NOS. The largest absolute Gasteiger partial charge is 0.390 e. The number of benzene rings is 2. The Morgan fingerprint density at radius 2 is 1.74 bits per heavy atom. The molecular weight excluding hydrogens is 349 g/mol. The highest BCUT2D eigenvalue weighted by Crippen LogP contribution is 2.33. The average molecular weight is 368 g/mol. The van der Waals surface area contributed by atoms with Crippen LogP contribution >= 0.6 is 35.0 Å². The van der Waals surface area contributed by atoms with E-state index in [0.29, 0.717) is 5.02 Å². The molecule has 0 fully saturated rings. The van der Waals surface area contributed by atoms with Crippen molar-refractivity contribution in [1.82, 2.24) is 4.98 Å². The molecule has 2 nitrogen and oxygen atoms in total. The summed E-state index contributed by atoms with van der Waals surface area (Å²) in [6.45, 7) is 4.00. The summed E-state index contributed by atoms with van der Waals surface area (Å²) in [7, 11) is 0. The number of aromatic amines is 1. The van der Waals surface area contributed by atoms with Gasteiger partial charge in [0, 0.05) is 32.3 Å². The molecule has 1 aromatic heterocycles. The van der Waals surface area contributed by atoms with Crippen LogP contribution in [0.1, 0.15) is 25.1 Å². The van der Waals surface area contributed by atoms with E-state index in [1.165, 1.54) is 5.56 Å². The highest BCUT2D eigenvalue weighted by molar-refractivity contribution is 7.98. The van der Waals surface area contributed by atoms with Gasteiger partial charge in [-0.3, -0.25) is 0 Å². The lowest BCUT2D eigenvalue weighted by atomic mass is 10.2. The first kappa shape index (κ1) is 18.2. The Labute approximate surface area is 150 Å². The van der Waals surface area contributed by atoms with Crippen molar-refractivity contribution in [2.45, 2.75) is 31.1 Å². The fourth-order valence-corrected chi connectivity index (χ4v) is 3.51. The van der Waals surface area contributed by atoms with E-state index in [4.69, 9.17) is 23.2 Å². The molecule has 0 aliphatic carbocycles. The summed E-state index contributed by atoms with van der Waals surface area (Å²) >= 11 is 13.9. The number of rotatable bonds is 4. The highest BCUT2D eigenvalue weighted by Gasteiger charge is 2.07. The molecule has 2 aromatic carbocycles. The molecule has 5 heteroatoms. The van der Waals surface area contributed by atoms with E-state index in [-0.39, 0.29) is 6.61 Å². The molecule has 1 heterocycles. The monoisotopic (exact) mass is 367 g/mol. The van der Waals surface area contributed by atoms with Crippen LogP contribution in [0.4, 0.5) is 0 Å². The summed E-state index contributed by atoms with van der Waals surface area (Å²) in [5.41, 5.74) is 2.94. The standard InChI is InChI=1S/C16H13Cl2NOS.C2H6/c17-12-3-1-10(2-4-12)9-21-16-6-11-5-13(8-20)19-15(11)7-14(16)18;1-2/h1-7,19-20H,8-9H2;1-2H3. The van der Waals surface area contributed by atoms with Gasteiger partial charge in [0.2, 0.25) is 0 Å². The number of hydrogen-bond donors (Lipinski definition) is 2. The van der Waals surface area contributed by atoms with Crippen molar-refractivity contribution in [2.24, 2.45) is 0 Å². The first-order chi connectivity index (χ1) is 11.2. The molecule has 0 spiro atoms. The number of halogens is 2. The number of aliphatic hydroxyl groups excluding tert-OH is 1. The maximum absolute atomic E-state index is 9.17. The highest BCUT2D eigenvalue weighted by atomic mass is 35.5. The second-order valence-corrected chi connectivity index (χ2v) is 6.60. The van der Waals surface area contributed by atoms with Gasteiger partial charge in [0.1, 0.15) is 0 Å². The molecule has 0 unspecified atom stereocenters. The fourth-order valence-electron chi connectivity index (χ4n) is 2.13. The van der Waals surface area contributed by atoms with E-state index < -0.39 is 0 Å². The zero-order valence-electron chi connectivity index (χ0n) is 13.1. The van der Waals surface area contributed by atoms with Crippen molar-refractivity contribution < 1.29 is 5.11 Å². The summed E-state index contributed by atoms with van der Waals surface area (Å²) in [6, 6.07) is 13.7. The van der Waals surface area contributed by atoms with Gasteiger partial charge in [-0.25, -0.2) is 0 Å². The Balaban J connectivity index is 0.000000924. The lowest BCUT2D eigenvalue weighted by molar-refractivity contribution is 0.278. The Hall–Kier alpha value is -1.13. The maximum Gasteiger partial charge on any atom is 0.0831 e. The number of aromatic nitrogens is 1. The van der Waals surface area contributed by atoms with Crippen molar-refractivity contribution in [3.63, 3.8) is 0 Å². The predicted octanol–water partition coefficient (Wildman–Crippen LogP) is 6.29. The number of aliphatic hydroxyl groups is 1. The molecule has 3 aromatic rings. The van der Waals surface area contributed by atoms with Gasteiger partial charge in [0.15, 0.2) is 0 Å². The van der Waals surface area contributed by atoms with Crippen molar-refractivity contribution in [1.29, 1.82) is 0 Å². The van der Waals surface area contributed by atoms with Crippen LogP contribution in [-0.4, -0.2) is 10.1 Å². The van der Waals surface area contributed by atoms with Gasteiger partial charge >= 0.3 is 0 Å². The van der Waals surface area contributed by atoms with E-state index in [9.17, 15) is 5.11 Å². The average Bonchev–Trinajstić information content (AvgIpc) is 2.98. The van der Waals surface area contributed by atoms with E-state index >= 15 is 0 Å². The molecule has 23 heavy (non-hydrogen) atoms. The van der Waals surface area contributed by atoms with Gasteiger partial charge in [-0.15, -0.1) is 11.8 Å². The molecule has 0 amide bonds. The Kier molecular flexibility index (Phi) is 6.85. The van der Waals surface area contributed by atoms with Crippen LogP contribution < -0.4 is 0 Å². The first-order valence-electron chi connectivity index (χ1n) is 7.45. The second-order valence-electron chi connectivity index (χ2n) is 4.74. The number of fused-ring (bicyclic) bond motifs is 1. The van der Waals surface area contributed by atoms with Crippen molar-refractivity contribution in [3.8, 4) is 0 Å². The van der Waals surface area contributed by atoms with Crippen molar-refractivity contribution in [3.05, 3.63) is 63.8 Å². The number of hydrogen-bond acceptors (Lipinski definition) is 2. The molecule has 0 radical (unpaired) electrons. The third-order valence-corrected chi connectivity index (χ3v) is 5.01. The second kappa shape index (κ2) is 8.65. The topological polar surface area (TPSA) is 36.0 Å². The molecule has 122 valence electrons. The van der Waals surface area contributed by atoms with Gasteiger partial charge in [0.25, 0.3) is 0 Å². The first-order valence-corrected chi connectivity index (χ1v) is 9.19. The molecule has 0 atom stereocenters. The molecule has 0 aliphatic rings. The SMILES string of the molecule is CC.OCc1cc2cc(SCc3ccc(Cl)cc3)c(Cl)cc2[nH]1. The van der Waals surface area contributed by atoms with Crippen LogP contribution in [0, 0.1) is 0 Å². The van der Waals surface area contributed by atoms with E-state index in [0.717, 1.165) is 32.3 Å². The lowest BCUT2D eigenvalue weighted by Gasteiger charge is -2.05. The van der Waals surface area contributed by atoms with Gasteiger partial charge in [-0.2, -0.15) is 0 Å². The quantitative estimate of drug-likeness (QED) is 0.531. The van der Waals surface area contributed by atoms with Crippen LogP contribution in [0.15, 0.2) is 47.4 Å². The Bertz CT molecular complexity index is 769. The summed E-state index contributed by atoms with van der Waals surface area (Å²) in [4.78, 5) is 4.17. The zero-order valence-corrected chi connectivity index (χ0v) is 15.4. The zero-order chi connectivity index (χ0) is 16.8. The van der Waals surface area contributed by atoms with Crippen LogP contribution in [-0.2, 0) is 12.4 Å². The third-order valence-electron chi connectivity index (χ3n) is 3.21. The summed E-state index contributed by atoms with van der Waals surface area (Å²) in [6.07, 6.45) is 0. The van der Waals surface area contributed by atoms with Gasteiger partial charge in [-0.1, -0.05) is 49.2 Å². The number of thioether (sulfide) groups is 1. The van der Waals surface area contributed by atoms with Crippen LogP contribution in [0.3, 0.4) is 0 Å². The summed E-state index contributed by atoms with van der Waals surface area (Å²) in [5, 5.41) is 11.7. The van der Waals surface area contributed by atoms with Crippen molar-refractivity contribution >= 4 is 45.9 Å². The normalized spacial score (nSPS) is 10.5. The van der Waals surface area contributed by atoms with Gasteiger partial charge < -0.3 is 10.1 Å². The molecule has 0 aliphatic heterocycles. The molecule has 0 saturated carbocycles. The third kappa shape index (κ3) is 4.67. The van der Waals surface area contributed by atoms with Crippen LogP contribution in [0.25, 0.3) is 10.9 Å². The molecule has 0 saturated heterocycles. The fraction of sp³-hybridized carbons (Fsp3) is 0.222. The summed E-state index contributed by atoms with van der Waals surface area (Å²) < 4.78 is 0. The van der Waals surface area contributed by atoms with Gasteiger partial charge in [0.05, 0.1) is 11.6 Å². The minimum Gasteiger partial charge on any atom is -0.390 e.